The number of cyclic esters (lactones) is 1. The number of Topliss-reactive ketones (excluding diaryl/α,β-unsaturated/α-hetero) is 1. The van der Waals surface area contributed by atoms with Gasteiger partial charge >= 0.3 is 5.97 Å². The van der Waals surface area contributed by atoms with Gasteiger partial charge in [0.15, 0.2) is 0 Å². The molecule has 0 amide bonds. The molecule has 188 valence electrons. The first kappa shape index (κ1) is 29.1. The van der Waals surface area contributed by atoms with Crippen molar-refractivity contribution in [2.45, 2.75) is 105 Å². The summed E-state index contributed by atoms with van der Waals surface area (Å²) in [6, 6.07) is 0. The number of ketones is 1. The third-order valence-electron chi connectivity index (χ3n) is 8.45. The molecule has 1 aliphatic rings. The summed E-state index contributed by atoms with van der Waals surface area (Å²) < 4.78 is 11.8. The Labute approximate surface area is 195 Å². The molecule has 1 heterocycles. The first-order valence-corrected chi connectivity index (χ1v) is 12.3. The average Bonchev–Trinajstić information content (AvgIpc) is 2.73. The fourth-order valence-corrected chi connectivity index (χ4v) is 6.09. The molecule has 1 saturated heterocycles. The zero-order chi connectivity index (χ0) is 25.2. The number of carbonyl (C=O) groups is 2. The second-order valence-electron chi connectivity index (χ2n) is 11.1. The Kier molecular flexibility index (Phi) is 9.95. The molecule has 1 aliphatic heterocycles. The fraction of sp³-hybridized carbons (Fsp3) is 0.923. The van der Waals surface area contributed by atoms with Crippen LogP contribution in [0.2, 0.25) is 0 Å². The first-order chi connectivity index (χ1) is 14.6. The Morgan fingerprint density at radius 3 is 2.03 bits per heavy atom. The van der Waals surface area contributed by atoms with Gasteiger partial charge in [-0.05, 0) is 50.4 Å². The Balaban J connectivity index is 3.60. The van der Waals surface area contributed by atoms with Gasteiger partial charge < -0.3 is 19.7 Å². The van der Waals surface area contributed by atoms with Crippen molar-refractivity contribution in [3.05, 3.63) is 0 Å². The molecule has 0 aromatic rings. The van der Waals surface area contributed by atoms with E-state index in [1.54, 1.807) is 21.0 Å². The Morgan fingerprint density at radius 1 is 1.06 bits per heavy atom. The number of aliphatic hydroxyl groups is 2. The second kappa shape index (κ2) is 11.0. The lowest BCUT2D eigenvalue weighted by atomic mass is 9.64. The third-order valence-corrected chi connectivity index (χ3v) is 8.45. The molecule has 0 aromatic heterocycles. The van der Waals surface area contributed by atoms with Gasteiger partial charge in [-0.25, -0.2) is 0 Å². The van der Waals surface area contributed by atoms with E-state index in [2.05, 4.69) is 27.7 Å². The molecule has 0 aromatic carbocycles. The predicted octanol–water partition coefficient (Wildman–Crippen LogP) is 4.25. The Hall–Kier alpha value is -0.980. The lowest BCUT2D eigenvalue weighted by Gasteiger charge is -2.47. The summed E-state index contributed by atoms with van der Waals surface area (Å²) in [6.07, 6.45) is -1.44. The van der Waals surface area contributed by atoms with Crippen LogP contribution in [-0.4, -0.2) is 52.5 Å². The van der Waals surface area contributed by atoms with Crippen LogP contribution in [0.1, 0.15) is 82.1 Å². The number of hydrogen-bond acceptors (Lipinski definition) is 6. The summed E-state index contributed by atoms with van der Waals surface area (Å²) in [5, 5.41) is 22.2. The highest BCUT2D eigenvalue weighted by molar-refractivity contribution is 5.83. The molecule has 1 rings (SSSR count). The molecule has 6 nitrogen and oxygen atoms in total. The van der Waals surface area contributed by atoms with Gasteiger partial charge in [0.2, 0.25) is 0 Å². The lowest BCUT2D eigenvalue weighted by molar-refractivity contribution is -0.192. The smallest absolute Gasteiger partial charge is 0.309 e. The Morgan fingerprint density at radius 2 is 1.59 bits per heavy atom. The maximum atomic E-state index is 13.3. The molecule has 32 heavy (non-hydrogen) atoms. The van der Waals surface area contributed by atoms with E-state index in [0.717, 1.165) is 0 Å². The van der Waals surface area contributed by atoms with Gasteiger partial charge in [0.25, 0.3) is 0 Å². The van der Waals surface area contributed by atoms with Crippen LogP contribution in [0.3, 0.4) is 0 Å². The normalized spacial score (nSPS) is 45.4. The molecule has 1 fully saturated rings. The van der Waals surface area contributed by atoms with Crippen molar-refractivity contribution >= 4 is 11.8 Å². The van der Waals surface area contributed by atoms with E-state index < -0.39 is 41.2 Å². The highest BCUT2D eigenvalue weighted by Crippen LogP contribution is 2.44. The predicted molar refractivity (Wildman–Crippen MR) is 126 cm³/mol. The number of methoxy groups -OCH3 is 1. The minimum absolute atomic E-state index is 0.00961. The second-order valence-corrected chi connectivity index (χ2v) is 11.1. The zero-order valence-corrected chi connectivity index (χ0v) is 22.1. The zero-order valence-electron chi connectivity index (χ0n) is 22.1. The number of rotatable bonds is 3. The molecule has 0 spiro atoms. The molecule has 10 atom stereocenters. The number of ether oxygens (including phenoxy) is 2. The topological polar surface area (TPSA) is 93.1 Å². The standard InChI is InChI=1S/C26H48O6/c1-12-20-26(10,30)23(28)19(8)22(27)15(4)13-25(9,31-11)21(14(2)3)17(6)16(5)18(7)24(29)32-20/h14-21,23,28,30H,12-13H2,1-11H3/t15-,16+,17+,18-,19+,20-,21-,23-,25-,26-/m1/s1. The van der Waals surface area contributed by atoms with E-state index >= 15 is 0 Å². The molecule has 0 saturated carbocycles. The molecule has 2 N–H and O–H groups in total. The largest absolute Gasteiger partial charge is 0.459 e. The summed E-state index contributed by atoms with van der Waals surface area (Å²) in [5.41, 5.74) is -2.34. The highest BCUT2D eigenvalue weighted by atomic mass is 16.6. The van der Waals surface area contributed by atoms with Gasteiger partial charge in [0.05, 0.1) is 17.6 Å². The van der Waals surface area contributed by atoms with E-state index in [0.29, 0.717) is 12.8 Å². The van der Waals surface area contributed by atoms with Crippen LogP contribution < -0.4 is 0 Å². The van der Waals surface area contributed by atoms with E-state index in [9.17, 15) is 19.8 Å². The maximum Gasteiger partial charge on any atom is 0.309 e. The van der Waals surface area contributed by atoms with Crippen LogP contribution in [-0.2, 0) is 19.1 Å². The van der Waals surface area contributed by atoms with Gasteiger partial charge in [-0.2, -0.15) is 0 Å². The van der Waals surface area contributed by atoms with E-state index in [1.165, 1.54) is 6.92 Å². The van der Waals surface area contributed by atoms with Crippen LogP contribution in [0, 0.1) is 41.4 Å². The van der Waals surface area contributed by atoms with Crippen LogP contribution in [0.4, 0.5) is 0 Å². The maximum absolute atomic E-state index is 13.3. The molecule has 6 heteroatoms. The SMILES string of the molecule is CC[C@H]1OC(=O)[C@H](C)[C@@H](C)[C@H](C)[C@@H](C(C)C)[C@](C)(OC)C[C@@H](C)C(=O)[C@H](C)[C@@H](O)[C@]1(C)O. The average molecular weight is 457 g/mol. The Bertz CT molecular complexity index is 644. The van der Waals surface area contributed by atoms with Crippen molar-refractivity contribution in [3.63, 3.8) is 0 Å². The molecule has 0 radical (unpaired) electrons. The van der Waals surface area contributed by atoms with Crippen LogP contribution >= 0.6 is 0 Å². The summed E-state index contributed by atoms with van der Waals surface area (Å²) in [7, 11) is 1.68. The highest BCUT2D eigenvalue weighted by Gasteiger charge is 2.49. The molecule has 0 bridgehead atoms. The molecular formula is C26H48O6. The molecule has 0 unspecified atom stereocenters. The monoisotopic (exact) mass is 456 g/mol. The van der Waals surface area contributed by atoms with Crippen molar-refractivity contribution < 1.29 is 29.3 Å². The quantitative estimate of drug-likeness (QED) is 0.617. The van der Waals surface area contributed by atoms with E-state index in [1.807, 2.05) is 20.8 Å². The number of carbonyl (C=O) groups excluding carboxylic acids is 2. The van der Waals surface area contributed by atoms with E-state index in [-0.39, 0.29) is 35.4 Å². The molecular weight excluding hydrogens is 408 g/mol. The van der Waals surface area contributed by atoms with Gasteiger partial charge in [0.1, 0.15) is 17.5 Å². The van der Waals surface area contributed by atoms with Crippen molar-refractivity contribution in [2.75, 3.05) is 7.11 Å². The van der Waals surface area contributed by atoms with Gasteiger partial charge in [-0.1, -0.05) is 55.4 Å². The number of esters is 1. The van der Waals surface area contributed by atoms with Crippen LogP contribution in [0.5, 0.6) is 0 Å². The molecule has 0 aliphatic carbocycles. The van der Waals surface area contributed by atoms with Crippen molar-refractivity contribution in [1.82, 2.24) is 0 Å². The number of aliphatic hydroxyl groups excluding tert-OH is 1. The summed E-state index contributed by atoms with van der Waals surface area (Å²) in [5.74, 6) is -1.63. The minimum Gasteiger partial charge on any atom is -0.459 e. The van der Waals surface area contributed by atoms with Gasteiger partial charge in [-0.3, -0.25) is 9.59 Å². The first-order valence-electron chi connectivity index (χ1n) is 12.3. The van der Waals surface area contributed by atoms with Gasteiger partial charge in [-0.15, -0.1) is 0 Å². The lowest BCUT2D eigenvalue weighted by Crippen LogP contribution is -2.56. The third kappa shape index (κ3) is 5.74. The summed E-state index contributed by atoms with van der Waals surface area (Å²) >= 11 is 0. The summed E-state index contributed by atoms with van der Waals surface area (Å²) in [4.78, 5) is 26.4. The fourth-order valence-electron chi connectivity index (χ4n) is 6.09. The van der Waals surface area contributed by atoms with Crippen molar-refractivity contribution in [2.24, 2.45) is 41.4 Å². The number of hydrogen-bond donors (Lipinski definition) is 2. The van der Waals surface area contributed by atoms with Crippen LogP contribution in [0.25, 0.3) is 0 Å². The van der Waals surface area contributed by atoms with E-state index in [4.69, 9.17) is 9.47 Å². The summed E-state index contributed by atoms with van der Waals surface area (Å²) in [6.45, 7) is 19.2. The van der Waals surface area contributed by atoms with Crippen LogP contribution in [0.15, 0.2) is 0 Å². The van der Waals surface area contributed by atoms with Crippen molar-refractivity contribution in [3.8, 4) is 0 Å². The van der Waals surface area contributed by atoms with Gasteiger partial charge in [0, 0.05) is 18.9 Å². The minimum atomic E-state index is -1.75. The van der Waals surface area contributed by atoms with Crippen molar-refractivity contribution in [1.29, 1.82) is 0 Å².